The van der Waals surface area contributed by atoms with E-state index >= 15 is 0 Å². The lowest BCUT2D eigenvalue weighted by atomic mass is 10.1. The highest BCUT2D eigenvalue weighted by molar-refractivity contribution is 5.92. The zero-order chi connectivity index (χ0) is 9.97. The molecular weight excluding hydrogens is 182 g/mol. The highest BCUT2D eigenvalue weighted by atomic mass is 16.7. The van der Waals surface area contributed by atoms with Crippen molar-refractivity contribution in [3.63, 3.8) is 0 Å². The summed E-state index contributed by atoms with van der Waals surface area (Å²) in [6.07, 6.45) is -0.295. The monoisotopic (exact) mass is 193 g/mol. The van der Waals surface area contributed by atoms with Crippen LogP contribution in [0.2, 0.25) is 0 Å². The first-order chi connectivity index (χ1) is 6.77. The van der Waals surface area contributed by atoms with E-state index in [0.29, 0.717) is 18.8 Å². The zero-order valence-electron chi connectivity index (χ0n) is 7.60. The summed E-state index contributed by atoms with van der Waals surface area (Å²) >= 11 is 0. The zero-order valence-corrected chi connectivity index (χ0v) is 7.60. The SMILES string of the molecule is NC(=O)c1ccc(C2OCCO2)cc1. The lowest BCUT2D eigenvalue weighted by Crippen LogP contribution is -2.10. The highest BCUT2D eigenvalue weighted by Crippen LogP contribution is 2.22. The topological polar surface area (TPSA) is 61.6 Å². The Labute approximate surface area is 81.6 Å². The second kappa shape index (κ2) is 3.77. The molecule has 0 unspecified atom stereocenters. The summed E-state index contributed by atoms with van der Waals surface area (Å²) < 4.78 is 10.6. The summed E-state index contributed by atoms with van der Waals surface area (Å²) in [5.74, 6) is -0.426. The Morgan fingerprint density at radius 1 is 1.21 bits per heavy atom. The maximum absolute atomic E-state index is 10.8. The lowest BCUT2D eigenvalue weighted by Gasteiger charge is -2.08. The van der Waals surface area contributed by atoms with Gasteiger partial charge in [0.25, 0.3) is 0 Å². The van der Waals surface area contributed by atoms with Crippen LogP contribution in [-0.4, -0.2) is 19.1 Å². The van der Waals surface area contributed by atoms with Crippen LogP contribution in [0.1, 0.15) is 22.2 Å². The molecule has 0 atom stereocenters. The number of primary amides is 1. The van der Waals surface area contributed by atoms with Gasteiger partial charge >= 0.3 is 0 Å². The first-order valence-electron chi connectivity index (χ1n) is 4.40. The number of ether oxygens (including phenoxy) is 2. The van der Waals surface area contributed by atoms with Crippen LogP contribution in [0.4, 0.5) is 0 Å². The first-order valence-corrected chi connectivity index (χ1v) is 4.40. The maximum Gasteiger partial charge on any atom is 0.248 e. The fourth-order valence-electron chi connectivity index (χ4n) is 1.36. The van der Waals surface area contributed by atoms with Gasteiger partial charge < -0.3 is 15.2 Å². The van der Waals surface area contributed by atoms with Crippen LogP contribution in [0.3, 0.4) is 0 Å². The molecule has 1 saturated heterocycles. The quantitative estimate of drug-likeness (QED) is 0.756. The van der Waals surface area contributed by atoms with Crippen LogP contribution < -0.4 is 5.73 Å². The average Bonchev–Trinajstić information content (AvgIpc) is 2.71. The van der Waals surface area contributed by atoms with Crippen molar-refractivity contribution in [3.8, 4) is 0 Å². The third kappa shape index (κ3) is 1.76. The third-order valence-corrected chi connectivity index (χ3v) is 2.09. The van der Waals surface area contributed by atoms with Crippen molar-refractivity contribution < 1.29 is 14.3 Å². The number of carbonyl (C=O) groups excluding carboxylic acids is 1. The summed E-state index contributed by atoms with van der Waals surface area (Å²) in [6.45, 7) is 1.23. The van der Waals surface area contributed by atoms with Gasteiger partial charge in [-0.1, -0.05) is 12.1 Å². The van der Waals surface area contributed by atoms with Gasteiger partial charge in [-0.2, -0.15) is 0 Å². The predicted molar refractivity (Wildman–Crippen MR) is 49.6 cm³/mol. The van der Waals surface area contributed by atoms with Crippen LogP contribution >= 0.6 is 0 Å². The molecular formula is C10H11NO3. The molecule has 4 heteroatoms. The van der Waals surface area contributed by atoms with Gasteiger partial charge in [0.2, 0.25) is 5.91 Å². The fraction of sp³-hybridized carbons (Fsp3) is 0.300. The van der Waals surface area contributed by atoms with E-state index in [4.69, 9.17) is 15.2 Å². The highest BCUT2D eigenvalue weighted by Gasteiger charge is 2.17. The summed E-state index contributed by atoms with van der Waals surface area (Å²) in [5, 5.41) is 0. The van der Waals surface area contributed by atoms with Crippen LogP contribution in [0.5, 0.6) is 0 Å². The van der Waals surface area contributed by atoms with E-state index in [1.54, 1.807) is 24.3 Å². The molecule has 1 amide bonds. The van der Waals surface area contributed by atoms with E-state index in [9.17, 15) is 4.79 Å². The Bertz CT molecular complexity index is 328. The van der Waals surface area contributed by atoms with Gasteiger partial charge in [0, 0.05) is 11.1 Å². The second-order valence-electron chi connectivity index (χ2n) is 3.06. The summed E-state index contributed by atoms with van der Waals surface area (Å²) in [7, 11) is 0. The van der Waals surface area contributed by atoms with Crippen LogP contribution in [0.25, 0.3) is 0 Å². The molecule has 1 fully saturated rings. The predicted octanol–water partition coefficient (Wildman–Crippen LogP) is 0.831. The average molecular weight is 193 g/mol. The van der Waals surface area contributed by atoms with Gasteiger partial charge in [0.05, 0.1) is 13.2 Å². The molecule has 0 aromatic heterocycles. The summed E-state index contributed by atoms with van der Waals surface area (Å²) in [4.78, 5) is 10.8. The molecule has 1 aromatic rings. The smallest absolute Gasteiger partial charge is 0.248 e. The molecule has 2 rings (SSSR count). The minimum atomic E-state index is -0.426. The molecule has 1 aliphatic heterocycles. The molecule has 0 aliphatic carbocycles. The van der Waals surface area contributed by atoms with Crippen molar-refractivity contribution in [2.24, 2.45) is 5.73 Å². The van der Waals surface area contributed by atoms with Gasteiger partial charge in [-0.3, -0.25) is 4.79 Å². The molecule has 0 bridgehead atoms. The van der Waals surface area contributed by atoms with Crippen molar-refractivity contribution >= 4 is 5.91 Å². The Morgan fingerprint density at radius 3 is 2.29 bits per heavy atom. The van der Waals surface area contributed by atoms with E-state index in [1.807, 2.05) is 0 Å². The van der Waals surface area contributed by atoms with Crippen molar-refractivity contribution in [3.05, 3.63) is 35.4 Å². The van der Waals surface area contributed by atoms with Crippen molar-refractivity contribution in [1.29, 1.82) is 0 Å². The van der Waals surface area contributed by atoms with E-state index in [0.717, 1.165) is 5.56 Å². The Balaban J connectivity index is 2.16. The third-order valence-electron chi connectivity index (χ3n) is 2.09. The molecule has 0 saturated carbocycles. The molecule has 1 heterocycles. The van der Waals surface area contributed by atoms with Crippen molar-refractivity contribution in [2.75, 3.05) is 13.2 Å². The molecule has 0 radical (unpaired) electrons. The molecule has 1 aromatic carbocycles. The number of amides is 1. The Kier molecular flexibility index (Phi) is 2.47. The number of rotatable bonds is 2. The molecule has 1 aliphatic rings. The Hall–Kier alpha value is -1.39. The number of carbonyl (C=O) groups is 1. The van der Waals surface area contributed by atoms with Crippen LogP contribution in [-0.2, 0) is 9.47 Å². The first kappa shape index (κ1) is 9.18. The Morgan fingerprint density at radius 2 is 1.79 bits per heavy atom. The van der Waals surface area contributed by atoms with E-state index in [-0.39, 0.29) is 6.29 Å². The largest absolute Gasteiger partial charge is 0.366 e. The van der Waals surface area contributed by atoms with Gasteiger partial charge in [0.15, 0.2) is 6.29 Å². The molecule has 2 N–H and O–H groups in total. The van der Waals surface area contributed by atoms with Crippen LogP contribution in [0.15, 0.2) is 24.3 Å². The van der Waals surface area contributed by atoms with Gasteiger partial charge in [-0.05, 0) is 12.1 Å². The number of hydrogen-bond donors (Lipinski definition) is 1. The summed E-state index contributed by atoms with van der Waals surface area (Å²) in [6, 6.07) is 6.91. The van der Waals surface area contributed by atoms with E-state index in [1.165, 1.54) is 0 Å². The van der Waals surface area contributed by atoms with Gasteiger partial charge in [-0.25, -0.2) is 0 Å². The maximum atomic E-state index is 10.8. The molecule has 0 spiro atoms. The normalized spacial score (nSPS) is 17.1. The van der Waals surface area contributed by atoms with Gasteiger partial charge in [0.1, 0.15) is 0 Å². The van der Waals surface area contributed by atoms with Gasteiger partial charge in [-0.15, -0.1) is 0 Å². The molecule has 74 valence electrons. The van der Waals surface area contributed by atoms with Crippen LogP contribution in [0, 0.1) is 0 Å². The lowest BCUT2D eigenvalue weighted by molar-refractivity contribution is -0.0441. The van der Waals surface area contributed by atoms with Crippen molar-refractivity contribution in [1.82, 2.24) is 0 Å². The second-order valence-corrected chi connectivity index (χ2v) is 3.06. The molecule has 14 heavy (non-hydrogen) atoms. The number of benzene rings is 1. The standard InChI is InChI=1S/C10H11NO3/c11-9(12)7-1-3-8(4-2-7)10-13-5-6-14-10/h1-4,10H,5-6H2,(H2,11,12). The minimum Gasteiger partial charge on any atom is -0.366 e. The minimum absolute atomic E-state index is 0.295. The fourth-order valence-corrected chi connectivity index (χ4v) is 1.36. The van der Waals surface area contributed by atoms with E-state index in [2.05, 4.69) is 0 Å². The number of nitrogens with two attached hydrogens (primary N) is 1. The summed E-state index contributed by atoms with van der Waals surface area (Å²) in [5.41, 5.74) is 6.52. The van der Waals surface area contributed by atoms with E-state index < -0.39 is 5.91 Å². The van der Waals surface area contributed by atoms with Crippen molar-refractivity contribution in [2.45, 2.75) is 6.29 Å². The molecule has 4 nitrogen and oxygen atoms in total. The number of hydrogen-bond acceptors (Lipinski definition) is 3.